The number of aliphatic hydroxyl groups excluding tert-OH is 1. The van der Waals surface area contributed by atoms with Gasteiger partial charge < -0.3 is 9.66 Å². The Hall–Kier alpha value is 1.51. The Morgan fingerprint density at radius 3 is 1.25 bits per heavy atom. The van der Waals surface area contributed by atoms with Crippen LogP contribution in [-0.4, -0.2) is 29.4 Å². The molecule has 0 saturated carbocycles. The van der Waals surface area contributed by atoms with Crippen LogP contribution in [0.3, 0.4) is 0 Å². The van der Waals surface area contributed by atoms with Crippen molar-refractivity contribution in [1.82, 2.24) is 0 Å². The number of rotatable bonds is 20. The van der Waals surface area contributed by atoms with Gasteiger partial charge in [-0.15, -0.1) is 0 Å². The Morgan fingerprint density at radius 2 is 0.964 bits per heavy atom. The van der Waals surface area contributed by atoms with E-state index < -0.39 is 15.4 Å². The Labute approximate surface area is 218 Å². The van der Waals surface area contributed by atoms with E-state index in [1.165, 1.54) is 84.0 Å². The zero-order chi connectivity index (χ0) is 20.4. The maximum atomic E-state index is 10.8. The van der Waals surface area contributed by atoms with Crippen LogP contribution in [-0.2, 0) is 10.1 Å². The van der Waals surface area contributed by atoms with Gasteiger partial charge in [-0.2, -0.15) is 0 Å². The summed E-state index contributed by atoms with van der Waals surface area (Å²) in [6, 6.07) is 0. The monoisotopic (exact) mass is 444 g/mol. The van der Waals surface area contributed by atoms with Gasteiger partial charge in [0.25, 0.3) is 0 Å². The summed E-state index contributed by atoms with van der Waals surface area (Å²) in [6.07, 6.45) is 21.0. The average Bonchev–Trinajstić information content (AvgIpc) is 2.62. The van der Waals surface area contributed by atoms with Crippen molar-refractivity contribution in [2.24, 2.45) is 0 Å². The molecule has 28 heavy (non-hydrogen) atoms. The molecule has 0 fully saturated rings. The summed E-state index contributed by atoms with van der Waals surface area (Å²) in [5.74, 6) is 0. The zero-order valence-corrected chi connectivity index (χ0v) is 22.9. The van der Waals surface area contributed by atoms with E-state index >= 15 is 0 Å². The van der Waals surface area contributed by atoms with E-state index in [-0.39, 0.29) is 57.5 Å². The fourth-order valence-electron chi connectivity index (χ4n) is 3.46. The molecule has 2 atom stereocenters. The van der Waals surface area contributed by atoms with Crippen molar-refractivity contribution in [2.45, 2.75) is 141 Å². The van der Waals surface area contributed by atoms with Crippen molar-refractivity contribution < 1.29 is 69.5 Å². The molecular weight excluding hydrogens is 399 g/mol. The molecule has 0 aromatic heterocycles. The first kappa shape index (κ1) is 31.7. The first-order valence-electron chi connectivity index (χ1n) is 11.5. The van der Waals surface area contributed by atoms with Crippen LogP contribution in [0.2, 0.25) is 0 Å². The van der Waals surface area contributed by atoms with Crippen LogP contribution in [0, 0.1) is 0 Å². The molecule has 4 nitrogen and oxygen atoms in total. The topological polar surface area (TPSA) is 77.4 Å². The van der Waals surface area contributed by atoms with Crippen molar-refractivity contribution in [3.05, 3.63) is 0 Å². The minimum atomic E-state index is -4.09. The Morgan fingerprint density at radius 1 is 0.679 bits per heavy atom. The molecule has 164 valence electrons. The fraction of sp³-hybridized carbons (Fsp3) is 1.00. The largest absolute Gasteiger partial charge is 1.00 e. The molecule has 0 amide bonds. The third-order valence-corrected chi connectivity index (χ3v) is 6.83. The number of hydrogen-bond acceptors (Lipinski definition) is 4. The first-order valence-corrected chi connectivity index (χ1v) is 13.0. The molecule has 0 radical (unpaired) electrons. The van der Waals surface area contributed by atoms with E-state index in [1.807, 2.05) is 6.92 Å². The van der Waals surface area contributed by atoms with E-state index in [1.54, 1.807) is 0 Å². The molecule has 2 unspecified atom stereocenters. The number of hydrogen-bond donors (Lipinski definition) is 1. The summed E-state index contributed by atoms with van der Waals surface area (Å²) in [4.78, 5) is 0. The predicted octanol–water partition coefficient (Wildman–Crippen LogP) is 3.33. The summed E-state index contributed by atoms with van der Waals surface area (Å²) < 4.78 is 32.4. The van der Waals surface area contributed by atoms with E-state index in [0.29, 0.717) is 6.42 Å². The van der Waals surface area contributed by atoms with Gasteiger partial charge in [0, 0.05) is 5.25 Å². The third kappa shape index (κ3) is 22.2. The maximum Gasteiger partial charge on any atom is 1.00 e. The van der Waals surface area contributed by atoms with Crippen LogP contribution in [0.25, 0.3) is 0 Å². The van der Waals surface area contributed by atoms with Crippen LogP contribution < -0.4 is 51.4 Å². The van der Waals surface area contributed by atoms with Crippen LogP contribution >= 0.6 is 0 Å². The second-order valence-corrected chi connectivity index (χ2v) is 10.0. The van der Waals surface area contributed by atoms with Gasteiger partial charge >= 0.3 is 51.4 Å². The standard InChI is InChI=1S/C22H46O4S.K/c1-3-22(23)20-18-16-14-12-10-8-6-4-5-7-9-11-13-15-17-19-21(2)27(24,25)26;/h21-23H,3-20H2,1-2H3,(H,24,25,26);/q;+1/p-1. The van der Waals surface area contributed by atoms with Crippen LogP contribution in [0.15, 0.2) is 0 Å². The number of unbranched alkanes of at least 4 members (excludes halogenated alkanes) is 14. The summed E-state index contributed by atoms with van der Waals surface area (Å²) in [5.41, 5.74) is 0. The van der Waals surface area contributed by atoms with Gasteiger partial charge in [0.15, 0.2) is 0 Å². The number of aliphatic hydroxyl groups is 1. The molecule has 6 heteroatoms. The minimum Gasteiger partial charge on any atom is -0.748 e. The van der Waals surface area contributed by atoms with Crippen molar-refractivity contribution in [3.8, 4) is 0 Å². The van der Waals surface area contributed by atoms with Crippen LogP contribution in [0.1, 0.15) is 129 Å². The zero-order valence-electron chi connectivity index (χ0n) is 19.0. The SMILES string of the molecule is CCC(O)CCCCCCCCCCCCCCCCCC(C)S(=O)(=O)[O-].[K+]. The molecule has 0 aliphatic carbocycles. The molecule has 0 spiro atoms. The van der Waals surface area contributed by atoms with E-state index in [0.717, 1.165) is 32.1 Å². The normalized spacial score (nSPS) is 13.9. The van der Waals surface area contributed by atoms with Gasteiger partial charge in [0.05, 0.1) is 16.2 Å². The van der Waals surface area contributed by atoms with Crippen molar-refractivity contribution in [3.63, 3.8) is 0 Å². The molecule has 0 aliphatic rings. The Kier molecular flexibility index (Phi) is 24.6. The predicted molar refractivity (Wildman–Crippen MR) is 114 cm³/mol. The smallest absolute Gasteiger partial charge is 0.748 e. The minimum absolute atomic E-state index is 0. The van der Waals surface area contributed by atoms with Crippen LogP contribution in [0.5, 0.6) is 0 Å². The molecule has 0 saturated heterocycles. The summed E-state index contributed by atoms with van der Waals surface area (Å²) in [7, 11) is -4.09. The molecule has 0 bridgehead atoms. The quantitative estimate of drug-likeness (QED) is 0.177. The molecule has 1 N–H and O–H groups in total. The first-order chi connectivity index (χ1) is 12.9. The molecule has 0 aromatic carbocycles. The Balaban J connectivity index is 0. The van der Waals surface area contributed by atoms with Gasteiger partial charge in [0.1, 0.15) is 0 Å². The molecule has 0 rings (SSSR count). The van der Waals surface area contributed by atoms with Gasteiger partial charge in [-0.05, 0) is 26.2 Å². The summed E-state index contributed by atoms with van der Waals surface area (Å²) in [6.45, 7) is 3.56. The average molecular weight is 445 g/mol. The van der Waals surface area contributed by atoms with Crippen LogP contribution in [0.4, 0.5) is 0 Å². The van der Waals surface area contributed by atoms with E-state index in [4.69, 9.17) is 0 Å². The van der Waals surface area contributed by atoms with E-state index in [9.17, 15) is 18.1 Å². The third-order valence-electron chi connectivity index (χ3n) is 5.61. The Bertz CT molecular complexity index is 415. The summed E-state index contributed by atoms with van der Waals surface area (Å²) in [5, 5.41) is 8.76. The van der Waals surface area contributed by atoms with Crippen molar-refractivity contribution >= 4 is 10.1 Å². The molecule has 0 aliphatic heterocycles. The fourth-order valence-corrected chi connectivity index (χ4v) is 3.91. The molecular formula is C22H45KO4S. The van der Waals surface area contributed by atoms with Gasteiger partial charge in [-0.1, -0.05) is 103 Å². The van der Waals surface area contributed by atoms with Gasteiger partial charge in [0.2, 0.25) is 0 Å². The summed E-state index contributed by atoms with van der Waals surface area (Å²) >= 11 is 0. The van der Waals surface area contributed by atoms with Gasteiger partial charge in [-0.3, -0.25) is 0 Å². The molecule has 0 aromatic rings. The van der Waals surface area contributed by atoms with Crippen molar-refractivity contribution in [1.29, 1.82) is 0 Å². The van der Waals surface area contributed by atoms with E-state index in [2.05, 4.69) is 0 Å². The second kappa shape index (κ2) is 21.7. The molecule has 0 heterocycles. The maximum absolute atomic E-state index is 10.8. The second-order valence-electron chi connectivity index (χ2n) is 8.25. The van der Waals surface area contributed by atoms with Gasteiger partial charge in [-0.25, -0.2) is 8.42 Å². The van der Waals surface area contributed by atoms with Crippen molar-refractivity contribution in [2.75, 3.05) is 0 Å².